The zero-order chi connectivity index (χ0) is 17.5. The van der Waals surface area contributed by atoms with Gasteiger partial charge in [0.2, 0.25) is 0 Å². The van der Waals surface area contributed by atoms with Crippen LogP contribution in [-0.2, 0) is 6.54 Å². The van der Waals surface area contributed by atoms with Gasteiger partial charge in [0.25, 0.3) is 0 Å². The van der Waals surface area contributed by atoms with Gasteiger partial charge in [0.05, 0.1) is 0 Å². The number of nitrogens with zero attached hydrogens (tertiary/aromatic N) is 4. The van der Waals surface area contributed by atoms with Crippen molar-refractivity contribution < 1.29 is 0 Å². The second-order valence-corrected chi connectivity index (χ2v) is 7.50. The largest absolute Gasteiger partial charge is 0.357 e. The van der Waals surface area contributed by atoms with Gasteiger partial charge in [0.1, 0.15) is 5.82 Å². The Balaban J connectivity index is 0.00000243. The molecule has 2 saturated heterocycles. The molecule has 2 aliphatic heterocycles. The van der Waals surface area contributed by atoms with Crippen molar-refractivity contribution in [3.8, 4) is 0 Å². The highest BCUT2D eigenvalue weighted by atomic mass is 127. The van der Waals surface area contributed by atoms with E-state index in [0.29, 0.717) is 0 Å². The Kier molecular flexibility index (Phi) is 8.95. The van der Waals surface area contributed by atoms with E-state index in [4.69, 9.17) is 4.98 Å². The Morgan fingerprint density at radius 3 is 2.38 bits per heavy atom. The fourth-order valence-corrected chi connectivity index (χ4v) is 3.74. The summed E-state index contributed by atoms with van der Waals surface area (Å²) in [5.41, 5.74) is 1.21. The summed E-state index contributed by atoms with van der Waals surface area (Å²) in [4.78, 5) is 14.0. The second-order valence-electron chi connectivity index (χ2n) is 7.50. The topological polar surface area (TPSA) is 43.8 Å². The highest BCUT2D eigenvalue weighted by Gasteiger charge is 2.18. The van der Waals surface area contributed by atoms with Crippen molar-refractivity contribution in [1.82, 2.24) is 15.2 Å². The van der Waals surface area contributed by atoms with Crippen LogP contribution in [0.15, 0.2) is 23.3 Å². The van der Waals surface area contributed by atoms with Crippen LogP contribution in [-0.4, -0.2) is 49.1 Å². The molecule has 0 aromatic carbocycles. The molecule has 0 amide bonds. The van der Waals surface area contributed by atoms with Crippen LogP contribution in [0.4, 0.5) is 5.82 Å². The van der Waals surface area contributed by atoms with Crippen LogP contribution in [0.1, 0.15) is 51.0 Å². The minimum Gasteiger partial charge on any atom is -0.357 e. The molecule has 1 aromatic heterocycles. The van der Waals surface area contributed by atoms with E-state index in [-0.39, 0.29) is 24.0 Å². The van der Waals surface area contributed by atoms with Crippen LogP contribution < -0.4 is 10.2 Å². The average molecular weight is 471 g/mol. The zero-order valence-corrected chi connectivity index (χ0v) is 18.6. The van der Waals surface area contributed by atoms with Gasteiger partial charge in [-0.25, -0.2) is 4.98 Å². The Morgan fingerprint density at radius 1 is 1.12 bits per heavy atom. The van der Waals surface area contributed by atoms with Crippen molar-refractivity contribution in [1.29, 1.82) is 0 Å². The van der Waals surface area contributed by atoms with Gasteiger partial charge < -0.3 is 15.1 Å². The van der Waals surface area contributed by atoms with E-state index in [2.05, 4.69) is 39.2 Å². The van der Waals surface area contributed by atoms with Crippen molar-refractivity contribution in [3.05, 3.63) is 23.9 Å². The Bertz CT molecular complexity index is 544. The highest BCUT2D eigenvalue weighted by Crippen LogP contribution is 2.18. The lowest BCUT2D eigenvalue weighted by Gasteiger charge is -2.32. The van der Waals surface area contributed by atoms with Crippen molar-refractivity contribution in [2.75, 3.05) is 38.1 Å². The van der Waals surface area contributed by atoms with Gasteiger partial charge >= 0.3 is 0 Å². The number of pyridine rings is 1. The van der Waals surface area contributed by atoms with Crippen LogP contribution in [0.3, 0.4) is 0 Å². The molecule has 0 spiro atoms. The number of piperidine rings is 1. The van der Waals surface area contributed by atoms with Crippen LogP contribution in [0, 0.1) is 5.92 Å². The van der Waals surface area contributed by atoms with E-state index in [1.54, 1.807) is 0 Å². The number of aliphatic imine (C=N–C) groups is 1. The molecule has 0 unspecified atom stereocenters. The fraction of sp³-hybridized carbons (Fsp3) is 0.700. The van der Waals surface area contributed by atoms with E-state index in [1.807, 2.05) is 13.2 Å². The van der Waals surface area contributed by atoms with E-state index in [1.165, 1.54) is 44.1 Å². The number of guanidine groups is 1. The predicted octanol–water partition coefficient (Wildman–Crippen LogP) is 3.89. The van der Waals surface area contributed by atoms with E-state index >= 15 is 0 Å². The Hall–Kier alpha value is -1.05. The van der Waals surface area contributed by atoms with E-state index < -0.39 is 0 Å². The van der Waals surface area contributed by atoms with Crippen molar-refractivity contribution in [2.45, 2.75) is 52.0 Å². The lowest BCUT2D eigenvalue weighted by molar-refractivity contribution is 0.273. The molecular formula is C20H34IN5. The number of anilines is 1. The van der Waals surface area contributed by atoms with Gasteiger partial charge in [0.15, 0.2) is 5.96 Å². The average Bonchev–Trinajstić information content (AvgIpc) is 2.93. The molecule has 146 valence electrons. The number of aromatic nitrogens is 1. The van der Waals surface area contributed by atoms with E-state index in [0.717, 1.165) is 50.4 Å². The minimum atomic E-state index is 0. The third-order valence-corrected chi connectivity index (χ3v) is 5.48. The molecule has 0 saturated carbocycles. The monoisotopic (exact) mass is 471 g/mol. The van der Waals surface area contributed by atoms with Gasteiger partial charge in [0, 0.05) is 46.0 Å². The summed E-state index contributed by atoms with van der Waals surface area (Å²) < 4.78 is 0. The third kappa shape index (κ3) is 5.99. The first-order chi connectivity index (χ1) is 12.3. The number of nitrogens with one attached hydrogen (secondary N) is 1. The lowest BCUT2D eigenvalue weighted by atomic mass is 10.00. The van der Waals surface area contributed by atoms with Gasteiger partial charge in [-0.15, -0.1) is 24.0 Å². The number of likely N-dealkylation sites (tertiary alicyclic amines) is 1. The maximum absolute atomic E-state index is 4.70. The first kappa shape index (κ1) is 21.3. The molecule has 2 fully saturated rings. The number of halogens is 1. The maximum Gasteiger partial charge on any atom is 0.193 e. The number of hydrogen-bond donors (Lipinski definition) is 1. The lowest BCUT2D eigenvalue weighted by Crippen LogP contribution is -2.45. The quantitative estimate of drug-likeness (QED) is 0.413. The standard InChI is InChI=1S/C20H33N5.HI/c1-17-9-13-25(14-10-17)20(21-2)23-16-18-7-8-19(22-15-18)24-11-5-3-4-6-12-24;/h7-8,15,17H,3-6,9-14,16H2,1-2H3,(H,21,23);1H. The van der Waals surface area contributed by atoms with Crippen LogP contribution in [0.2, 0.25) is 0 Å². The molecule has 1 N–H and O–H groups in total. The molecule has 26 heavy (non-hydrogen) atoms. The zero-order valence-electron chi connectivity index (χ0n) is 16.3. The summed E-state index contributed by atoms with van der Waals surface area (Å²) in [6.07, 6.45) is 9.81. The first-order valence-corrected chi connectivity index (χ1v) is 9.92. The molecule has 0 bridgehead atoms. The van der Waals surface area contributed by atoms with E-state index in [9.17, 15) is 0 Å². The predicted molar refractivity (Wildman–Crippen MR) is 121 cm³/mol. The molecular weight excluding hydrogens is 437 g/mol. The summed E-state index contributed by atoms with van der Waals surface area (Å²) in [5, 5.41) is 3.50. The van der Waals surface area contributed by atoms with Gasteiger partial charge in [-0.2, -0.15) is 0 Å². The SMILES string of the molecule is CN=C(NCc1ccc(N2CCCCCC2)nc1)N1CCC(C)CC1.I. The number of rotatable bonds is 3. The molecule has 6 heteroatoms. The van der Waals surface area contributed by atoms with Gasteiger partial charge in [-0.3, -0.25) is 4.99 Å². The molecule has 3 heterocycles. The van der Waals surface area contributed by atoms with Gasteiger partial charge in [-0.05, 0) is 43.2 Å². The second kappa shape index (κ2) is 10.9. The summed E-state index contributed by atoms with van der Waals surface area (Å²) in [6.45, 7) is 7.62. The van der Waals surface area contributed by atoms with Crippen LogP contribution >= 0.6 is 24.0 Å². The normalized spacial score (nSPS) is 19.7. The highest BCUT2D eigenvalue weighted by molar-refractivity contribution is 14.0. The van der Waals surface area contributed by atoms with Crippen molar-refractivity contribution in [2.24, 2.45) is 10.9 Å². The molecule has 5 nitrogen and oxygen atoms in total. The minimum absolute atomic E-state index is 0. The van der Waals surface area contributed by atoms with Crippen molar-refractivity contribution in [3.63, 3.8) is 0 Å². The molecule has 0 aliphatic carbocycles. The van der Waals surface area contributed by atoms with Gasteiger partial charge in [-0.1, -0.05) is 25.8 Å². The Morgan fingerprint density at radius 2 is 1.81 bits per heavy atom. The first-order valence-electron chi connectivity index (χ1n) is 9.92. The summed E-state index contributed by atoms with van der Waals surface area (Å²) in [7, 11) is 1.88. The summed E-state index contributed by atoms with van der Waals surface area (Å²) in [5.74, 6) is 2.98. The molecule has 3 rings (SSSR count). The Labute approximate surface area is 175 Å². The molecule has 1 aromatic rings. The number of hydrogen-bond acceptors (Lipinski definition) is 3. The molecule has 2 aliphatic rings. The molecule has 0 atom stereocenters. The third-order valence-electron chi connectivity index (χ3n) is 5.48. The van der Waals surface area contributed by atoms with Crippen LogP contribution in [0.25, 0.3) is 0 Å². The molecule has 0 radical (unpaired) electrons. The maximum atomic E-state index is 4.70. The van der Waals surface area contributed by atoms with Crippen LogP contribution in [0.5, 0.6) is 0 Å². The summed E-state index contributed by atoms with van der Waals surface area (Å²) >= 11 is 0. The fourth-order valence-electron chi connectivity index (χ4n) is 3.74. The van der Waals surface area contributed by atoms with Crippen molar-refractivity contribution >= 4 is 35.8 Å². The smallest absolute Gasteiger partial charge is 0.193 e. The summed E-state index contributed by atoms with van der Waals surface area (Å²) in [6, 6.07) is 4.37.